The quantitative estimate of drug-likeness (QED) is 0.244. The molecule has 1 aliphatic heterocycles. The van der Waals surface area contributed by atoms with Crippen molar-refractivity contribution in [2.75, 3.05) is 44.3 Å². The molecule has 0 radical (unpaired) electrons. The number of benzene rings is 2. The molecule has 5 rings (SSSR count). The summed E-state index contributed by atoms with van der Waals surface area (Å²) in [5, 5.41) is 12.6. The number of anilines is 1. The molecule has 0 atom stereocenters. The van der Waals surface area contributed by atoms with Gasteiger partial charge in [0.05, 0.1) is 33.2 Å². The number of hydrogen-bond donors (Lipinski definition) is 0. The highest BCUT2D eigenvalue weighted by Gasteiger charge is 2.24. The lowest BCUT2D eigenvalue weighted by Crippen LogP contribution is -2.39. The summed E-state index contributed by atoms with van der Waals surface area (Å²) in [5.41, 5.74) is 3.18. The molecule has 3 heterocycles. The van der Waals surface area contributed by atoms with Crippen molar-refractivity contribution in [2.45, 2.75) is 20.3 Å². The monoisotopic (exact) mass is 510 g/mol. The van der Waals surface area contributed by atoms with Crippen molar-refractivity contribution in [3.63, 3.8) is 0 Å². The molecule has 1 aliphatic rings. The molecular weight excluding hydrogens is 484 g/mol. The minimum absolute atomic E-state index is 0.0220. The molecule has 1 amide bonds. The molecule has 0 N–H and O–H groups in total. The third kappa shape index (κ3) is 4.92. The molecule has 2 aromatic heterocycles. The van der Waals surface area contributed by atoms with Gasteiger partial charge in [-0.2, -0.15) is 0 Å². The molecule has 0 bridgehead atoms. The number of nitro groups is 1. The van der Waals surface area contributed by atoms with Crippen LogP contribution in [0.25, 0.3) is 20.3 Å². The van der Waals surface area contributed by atoms with E-state index in [1.165, 1.54) is 23.5 Å². The van der Waals surface area contributed by atoms with Gasteiger partial charge in [-0.3, -0.25) is 24.7 Å². The number of aryl methyl sites for hydroxylation is 2. The predicted octanol–water partition coefficient (Wildman–Crippen LogP) is 5.41. The Balaban J connectivity index is 1.47. The Morgan fingerprint density at radius 2 is 1.91 bits per heavy atom. The standard InChI is InChI=1S/C25H26N4O4S2/c1-16-4-5-17(2)23-22(16)26-25(35-23)28(9-3-8-27-10-12-33-13-11-27)24(30)21-15-18-14-19(29(31)32)6-7-20(18)34-21/h4-7,14-15H,3,8-13H2,1-2H3. The summed E-state index contributed by atoms with van der Waals surface area (Å²) in [4.78, 5) is 34.1. The number of aromatic nitrogens is 1. The molecule has 0 spiro atoms. The summed E-state index contributed by atoms with van der Waals surface area (Å²) < 4.78 is 7.39. The van der Waals surface area contributed by atoms with Gasteiger partial charge in [-0.05, 0) is 43.5 Å². The second kappa shape index (κ2) is 9.98. The van der Waals surface area contributed by atoms with E-state index in [-0.39, 0.29) is 11.6 Å². The van der Waals surface area contributed by atoms with E-state index < -0.39 is 4.92 Å². The first kappa shape index (κ1) is 23.8. The fourth-order valence-electron chi connectivity index (χ4n) is 4.31. The van der Waals surface area contributed by atoms with E-state index in [4.69, 9.17) is 9.72 Å². The Kier molecular flexibility index (Phi) is 6.79. The number of morpholine rings is 1. The van der Waals surface area contributed by atoms with Gasteiger partial charge in [0.1, 0.15) is 0 Å². The van der Waals surface area contributed by atoms with Gasteiger partial charge in [0.25, 0.3) is 11.6 Å². The molecule has 0 saturated carbocycles. The Hall–Kier alpha value is -2.92. The highest BCUT2D eigenvalue weighted by Crippen LogP contribution is 2.35. The number of nitrogens with zero attached hydrogens (tertiary/aromatic N) is 4. The zero-order valence-corrected chi connectivity index (χ0v) is 21.3. The molecule has 182 valence electrons. The van der Waals surface area contributed by atoms with Crippen molar-refractivity contribution in [1.29, 1.82) is 0 Å². The van der Waals surface area contributed by atoms with Gasteiger partial charge < -0.3 is 4.74 Å². The Morgan fingerprint density at radius 1 is 1.14 bits per heavy atom. The third-order valence-corrected chi connectivity index (χ3v) is 8.61. The van der Waals surface area contributed by atoms with E-state index in [2.05, 4.69) is 24.0 Å². The van der Waals surface area contributed by atoms with Gasteiger partial charge in [-0.25, -0.2) is 4.98 Å². The molecule has 4 aromatic rings. The molecule has 2 aromatic carbocycles. The van der Waals surface area contributed by atoms with E-state index >= 15 is 0 Å². The van der Waals surface area contributed by atoms with Gasteiger partial charge >= 0.3 is 0 Å². The van der Waals surface area contributed by atoms with Gasteiger partial charge in [-0.1, -0.05) is 23.5 Å². The summed E-state index contributed by atoms with van der Waals surface area (Å²) >= 11 is 2.90. The minimum Gasteiger partial charge on any atom is -0.379 e. The second-order valence-electron chi connectivity index (χ2n) is 8.73. The van der Waals surface area contributed by atoms with Crippen molar-refractivity contribution in [2.24, 2.45) is 0 Å². The van der Waals surface area contributed by atoms with Crippen molar-refractivity contribution in [1.82, 2.24) is 9.88 Å². The highest BCUT2D eigenvalue weighted by atomic mass is 32.1. The number of fused-ring (bicyclic) bond motifs is 2. The van der Waals surface area contributed by atoms with Crippen LogP contribution in [-0.4, -0.2) is 60.1 Å². The van der Waals surface area contributed by atoms with Crippen LogP contribution in [0.1, 0.15) is 27.2 Å². The third-order valence-electron chi connectivity index (χ3n) is 6.29. The smallest absolute Gasteiger partial charge is 0.270 e. The topological polar surface area (TPSA) is 88.8 Å². The fraction of sp³-hybridized carbons (Fsp3) is 0.360. The maximum absolute atomic E-state index is 13.8. The molecule has 1 saturated heterocycles. The molecule has 0 aliphatic carbocycles. The van der Waals surface area contributed by atoms with Crippen LogP contribution in [-0.2, 0) is 4.74 Å². The Morgan fingerprint density at radius 3 is 2.66 bits per heavy atom. The summed E-state index contributed by atoms with van der Waals surface area (Å²) in [7, 11) is 0. The van der Waals surface area contributed by atoms with Crippen LogP contribution in [0.5, 0.6) is 0 Å². The molecule has 8 nitrogen and oxygen atoms in total. The zero-order chi connectivity index (χ0) is 24.5. The average Bonchev–Trinajstić information content (AvgIpc) is 3.49. The maximum Gasteiger partial charge on any atom is 0.270 e. The summed E-state index contributed by atoms with van der Waals surface area (Å²) in [6.45, 7) is 8.82. The number of ether oxygens (including phenoxy) is 1. The Labute approximate surface area is 210 Å². The fourth-order valence-corrected chi connectivity index (χ4v) is 6.44. The second-order valence-corrected chi connectivity index (χ2v) is 10.8. The summed E-state index contributed by atoms with van der Waals surface area (Å²) in [6, 6.07) is 10.6. The van der Waals surface area contributed by atoms with Crippen LogP contribution >= 0.6 is 22.7 Å². The molecule has 35 heavy (non-hydrogen) atoms. The van der Waals surface area contributed by atoms with Gasteiger partial charge in [0, 0.05) is 48.4 Å². The number of nitro benzene ring substituents is 1. The zero-order valence-electron chi connectivity index (χ0n) is 19.7. The number of carbonyl (C=O) groups excluding carboxylic acids is 1. The predicted molar refractivity (Wildman–Crippen MR) is 141 cm³/mol. The van der Waals surface area contributed by atoms with E-state index in [1.54, 1.807) is 28.4 Å². The van der Waals surface area contributed by atoms with Crippen molar-refractivity contribution in [3.8, 4) is 0 Å². The first-order valence-electron chi connectivity index (χ1n) is 11.6. The lowest BCUT2D eigenvalue weighted by atomic mass is 10.1. The van der Waals surface area contributed by atoms with Crippen LogP contribution < -0.4 is 4.90 Å². The lowest BCUT2D eigenvalue weighted by molar-refractivity contribution is -0.384. The van der Waals surface area contributed by atoms with Gasteiger partial charge in [0.15, 0.2) is 5.13 Å². The largest absolute Gasteiger partial charge is 0.379 e. The molecular formula is C25H26N4O4S2. The van der Waals surface area contributed by atoms with E-state index in [1.807, 2.05) is 6.92 Å². The first-order chi connectivity index (χ1) is 16.9. The molecule has 10 heteroatoms. The van der Waals surface area contributed by atoms with Crippen molar-refractivity contribution in [3.05, 3.63) is 62.5 Å². The molecule has 1 fully saturated rings. The number of hydrogen-bond acceptors (Lipinski definition) is 8. The minimum atomic E-state index is -0.414. The number of non-ortho nitro benzene ring substituents is 1. The van der Waals surface area contributed by atoms with Crippen molar-refractivity contribution >= 4 is 59.7 Å². The number of amides is 1. The van der Waals surface area contributed by atoms with Crippen LogP contribution in [0.2, 0.25) is 0 Å². The summed E-state index contributed by atoms with van der Waals surface area (Å²) in [5.74, 6) is -0.120. The van der Waals surface area contributed by atoms with Gasteiger partial charge in [-0.15, -0.1) is 11.3 Å². The normalized spacial score (nSPS) is 14.6. The lowest BCUT2D eigenvalue weighted by Gasteiger charge is -2.27. The van der Waals surface area contributed by atoms with E-state index in [0.29, 0.717) is 21.9 Å². The molecule has 0 unspecified atom stereocenters. The average molecular weight is 511 g/mol. The number of thiophene rings is 1. The Bertz CT molecular complexity index is 1370. The van der Waals surface area contributed by atoms with Crippen LogP contribution in [0.3, 0.4) is 0 Å². The maximum atomic E-state index is 13.8. The summed E-state index contributed by atoms with van der Waals surface area (Å²) in [6.07, 6.45) is 0.815. The SMILES string of the molecule is Cc1ccc(C)c2sc(N(CCCN3CCOCC3)C(=O)c3cc4cc([N+](=O)[O-])ccc4s3)nc12. The highest BCUT2D eigenvalue weighted by molar-refractivity contribution is 7.23. The number of thiazole rings is 1. The van der Waals surface area contributed by atoms with Crippen LogP contribution in [0, 0.1) is 24.0 Å². The van der Waals surface area contributed by atoms with Crippen LogP contribution in [0.4, 0.5) is 10.8 Å². The van der Waals surface area contributed by atoms with Crippen LogP contribution in [0.15, 0.2) is 36.4 Å². The first-order valence-corrected chi connectivity index (χ1v) is 13.2. The number of rotatable bonds is 7. The van der Waals surface area contributed by atoms with Gasteiger partial charge in [0.2, 0.25) is 0 Å². The number of carbonyl (C=O) groups is 1. The van der Waals surface area contributed by atoms with Crippen molar-refractivity contribution < 1.29 is 14.5 Å². The van der Waals surface area contributed by atoms with E-state index in [9.17, 15) is 14.9 Å². The van der Waals surface area contributed by atoms with E-state index in [0.717, 1.165) is 65.3 Å².